The molecule has 0 heterocycles. The van der Waals surface area contributed by atoms with Crippen molar-refractivity contribution in [1.82, 2.24) is 4.90 Å². The molecule has 0 aromatic heterocycles. The summed E-state index contributed by atoms with van der Waals surface area (Å²) in [6.45, 7) is 7.14. The maximum Gasteiger partial charge on any atom is 0.0639 e. The third-order valence-corrected chi connectivity index (χ3v) is 2.71. The van der Waals surface area contributed by atoms with Crippen molar-refractivity contribution in [3.8, 4) is 0 Å². The van der Waals surface area contributed by atoms with Crippen LogP contribution in [0.15, 0.2) is 0 Å². The topological polar surface area (TPSA) is 23.5 Å². The van der Waals surface area contributed by atoms with Crippen LogP contribution in [0.25, 0.3) is 0 Å². The molecule has 0 amide bonds. The zero-order valence-corrected chi connectivity index (χ0v) is 8.29. The fraction of sp³-hybridized carbons (Fsp3) is 1.00. The van der Waals surface area contributed by atoms with E-state index in [0.29, 0.717) is 0 Å². The molecule has 2 nitrogen and oxygen atoms in total. The molecular formula is C10H21NO. The number of aliphatic hydroxyl groups is 1. The molecule has 1 fully saturated rings. The molecule has 1 aliphatic rings. The molecule has 1 rings (SSSR count). The van der Waals surface area contributed by atoms with Crippen molar-refractivity contribution in [2.75, 3.05) is 19.6 Å². The van der Waals surface area contributed by atoms with E-state index in [1.807, 2.05) is 6.92 Å². The largest absolute Gasteiger partial charge is 0.392 e. The molecule has 0 saturated heterocycles. The minimum absolute atomic E-state index is 0.176. The average molecular weight is 171 g/mol. The predicted molar refractivity (Wildman–Crippen MR) is 51.1 cm³/mol. The van der Waals surface area contributed by atoms with Crippen LogP contribution in [-0.2, 0) is 0 Å². The monoisotopic (exact) mass is 171 g/mol. The first-order valence-corrected chi connectivity index (χ1v) is 5.12. The zero-order valence-electron chi connectivity index (χ0n) is 8.29. The third kappa shape index (κ3) is 3.11. The van der Waals surface area contributed by atoms with Crippen LogP contribution in [-0.4, -0.2) is 35.7 Å². The third-order valence-electron chi connectivity index (χ3n) is 2.71. The Morgan fingerprint density at radius 3 is 2.50 bits per heavy atom. The second-order valence-electron chi connectivity index (χ2n) is 4.00. The first-order valence-electron chi connectivity index (χ1n) is 5.12. The lowest BCUT2D eigenvalue weighted by Crippen LogP contribution is -2.36. The maximum atomic E-state index is 9.22. The Hall–Kier alpha value is -0.0800. The van der Waals surface area contributed by atoms with Crippen molar-refractivity contribution in [3.63, 3.8) is 0 Å². The highest BCUT2D eigenvalue weighted by Crippen LogP contribution is 2.26. The van der Waals surface area contributed by atoms with E-state index >= 15 is 0 Å². The van der Waals surface area contributed by atoms with Crippen LogP contribution in [0.3, 0.4) is 0 Å². The van der Waals surface area contributed by atoms with Crippen LogP contribution in [0.1, 0.15) is 33.1 Å². The van der Waals surface area contributed by atoms with Gasteiger partial charge in [0.15, 0.2) is 0 Å². The minimum Gasteiger partial charge on any atom is -0.392 e. The van der Waals surface area contributed by atoms with E-state index < -0.39 is 0 Å². The van der Waals surface area contributed by atoms with Crippen LogP contribution in [0.5, 0.6) is 0 Å². The molecule has 0 aliphatic heterocycles. The van der Waals surface area contributed by atoms with Crippen LogP contribution >= 0.6 is 0 Å². The van der Waals surface area contributed by atoms with Gasteiger partial charge in [0.25, 0.3) is 0 Å². The maximum absolute atomic E-state index is 9.22. The number of rotatable bonds is 5. The molecule has 0 unspecified atom stereocenters. The van der Waals surface area contributed by atoms with Crippen LogP contribution in [0, 0.1) is 5.92 Å². The smallest absolute Gasteiger partial charge is 0.0639 e. The van der Waals surface area contributed by atoms with Crippen molar-refractivity contribution >= 4 is 0 Å². The summed E-state index contributed by atoms with van der Waals surface area (Å²) >= 11 is 0. The van der Waals surface area contributed by atoms with E-state index in [9.17, 15) is 5.11 Å². The van der Waals surface area contributed by atoms with E-state index in [0.717, 1.165) is 19.0 Å². The van der Waals surface area contributed by atoms with Crippen LogP contribution < -0.4 is 0 Å². The Kier molecular flexibility index (Phi) is 4.02. The lowest BCUT2D eigenvalue weighted by atomic mass is 9.85. The van der Waals surface area contributed by atoms with Crippen molar-refractivity contribution in [3.05, 3.63) is 0 Å². The Bertz CT molecular complexity index is 121. The molecule has 0 spiro atoms. The van der Waals surface area contributed by atoms with E-state index in [1.54, 1.807) is 0 Å². The number of likely N-dealkylation sites (N-methyl/N-ethyl adjacent to an activating group) is 1. The number of hydrogen-bond donors (Lipinski definition) is 1. The van der Waals surface area contributed by atoms with Gasteiger partial charge in [0.1, 0.15) is 0 Å². The molecule has 1 N–H and O–H groups in total. The van der Waals surface area contributed by atoms with Gasteiger partial charge in [0, 0.05) is 13.1 Å². The summed E-state index contributed by atoms with van der Waals surface area (Å²) in [7, 11) is 0. The summed E-state index contributed by atoms with van der Waals surface area (Å²) in [5, 5.41) is 9.22. The molecule has 1 saturated carbocycles. The van der Waals surface area contributed by atoms with Gasteiger partial charge in [-0.1, -0.05) is 13.3 Å². The van der Waals surface area contributed by atoms with Crippen molar-refractivity contribution in [2.24, 2.45) is 5.92 Å². The lowest BCUT2D eigenvalue weighted by molar-refractivity contribution is 0.105. The second kappa shape index (κ2) is 4.83. The van der Waals surface area contributed by atoms with Crippen LogP contribution in [0.2, 0.25) is 0 Å². The molecule has 0 bridgehead atoms. The van der Waals surface area contributed by atoms with Gasteiger partial charge in [-0.25, -0.2) is 0 Å². The van der Waals surface area contributed by atoms with Gasteiger partial charge >= 0.3 is 0 Å². The second-order valence-corrected chi connectivity index (χ2v) is 4.00. The Morgan fingerprint density at radius 1 is 1.50 bits per heavy atom. The standard InChI is InChI=1S/C10H21NO/c1-3-11(7-9(2)12)8-10-5-4-6-10/h9-10,12H,3-8H2,1-2H3/t9-/m0/s1. The molecule has 2 heteroatoms. The summed E-state index contributed by atoms with van der Waals surface area (Å²) < 4.78 is 0. The van der Waals surface area contributed by atoms with Gasteiger partial charge < -0.3 is 10.0 Å². The van der Waals surface area contributed by atoms with E-state index in [2.05, 4.69) is 11.8 Å². The van der Waals surface area contributed by atoms with E-state index in [4.69, 9.17) is 0 Å². The first-order chi connectivity index (χ1) is 5.72. The fourth-order valence-electron chi connectivity index (χ4n) is 1.75. The Balaban J connectivity index is 2.15. The molecule has 0 aromatic carbocycles. The summed E-state index contributed by atoms with van der Waals surface area (Å²) in [5.41, 5.74) is 0. The number of nitrogens with zero attached hydrogens (tertiary/aromatic N) is 1. The summed E-state index contributed by atoms with van der Waals surface area (Å²) in [6.07, 6.45) is 4.04. The van der Waals surface area contributed by atoms with E-state index in [-0.39, 0.29) is 6.10 Å². The highest BCUT2D eigenvalue weighted by Gasteiger charge is 2.20. The number of hydrogen-bond acceptors (Lipinski definition) is 2. The molecule has 12 heavy (non-hydrogen) atoms. The molecule has 1 aliphatic carbocycles. The highest BCUT2D eigenvalue weighted by molar-refractivity contribution is 4.74. The summed E-state index contributed by atoms with van der Waals surface area (Å²) in [6, 6.07) is 0. The Morgan fingerprint density at radius 2 is 2.17 bits per heavy atom. The highest BCUT2D eigenvalue weighted by atomic mass is 16.3. The predicted octanol–water partition coefficient (Wildman–Crippen LogP) is 1.49. The van der Waals surface area contributed by atoms with Crippen molar-refractivity contribution < 1.29 is 5.11 Å². The lowest BCUT2D eigenvalue weighted by Gasteiger charge is -2.32. The fourth-order valence-corrected chi connectivity index (χ4v) is 1.75. The quantitative estimate of drug-likeness (QED) is 0.677. The van der Waals surface area contributed by atoms with Crippen molar-refractivity contribution in [1.29, 1.82) is 0 Å². The van der Waals surface area contributed by atoms with Gasteiger partial charge in [-0.3, -0.25) is 0 Å². The SMILES string of the molecule is CCN(CC1CCC1)C[C@H](C)O. The van der Waals surface area contributed by atoms with Gasteiger partial charge in [-0.05, 0) is 32.2 Å². The first kappa shape index (κ1) is 10.0. The van der Waals surface area contributed by atoms with E-state index in [1.165, 1.54) is 25.8 Å². The molecule has 0 aromatic rings. The van der Waals surface area contributed by atoms with Gasteiger partial charge in [-0.2, -0.15) is 0 Å². The Labute approximate surface area is 75.6 Å². The average Bonchev–Trinajstić information content (AvgIpc) is 1.93. The molecule has 0 radical (unpaired) electrons. The molecule has 1 atom stereocenters. The molecular weight excluding hydrogens is 150 g/mol. The number of aliphatic hydroxyl groups excluding tert-OH is 1. The molecule has 72 valence electrons. The van der Waals surface area contributed by atoms with Crippen LogP contribution in [0.4, 0.5) is 0 Å². The van der Waals surface area contributed by atoms with Crippen molar-refractivity contribution in [2.45, 2.75) is 39.2 Å². The van der Waals surface area contributed by atoms with Gasteiger partial charge in [0.2, 0.25) is 0 Å². The van der Waals surface area contributed by atoms with Gasteiger partial charge in [-0.15, -0.1) is 0 Å². The minimum atomic E-state index is -0.176. The van der Waals surface area contributed by atoms with Gasteiger partial charge in [0.05, 0.1) is 6.10 Å². The summed E-state index contributed by atoms with van der Waals surface area (Å²) in [5.74, 6) is 0.920. The normalized spacial score (nSPS) is 21.0. The zero-order chi connectivity index (χ0) is 8.97. The summed E-state index contributed by atoms with van der Waals surface area (Å²) in [4.78, 5) is 2.36.